The average Bonchev–Trinajstić information content (AvgIpc) is 2.79. The molecular formula is C17H30N2O3Si. The van der Waals surface area contributed by atoms with Crippen molar-refractivity contribution in [2.45, 2.75) is 77.0 Å². The highest BCUT2D eigenvalue weighted by molar-refractivity contribution is 6.74. The van der Waals surface area contributed by atoms with Crippen LogP contribution in [0.5, 0.6) is 0 Å². The maximum absolute atomic E-state index is 12.1. The van der Waals surface area contributed by atoms with Crippen LogP contribution >= 0.6 is 0 Å². The fraction of sp³-hybridized carbons (Fsp3) is 0.765. The maximum Gasteiger partial charge on any atom is 0.257 e. The van der Waals surface area contributed by atoms with Crippen LogP contribution in [0.4, 0.5) is 0 Å². The molecule has 5 nitrogen and oxygen atoms in total. The average molecular weight is 339 g/mol. The van der Waals surface area contributed by atoms with E-state index >= 15 is 0 Å². The number of aliphatic imine (C=N–C) groups is 1. The molecule has 1 amide bonds. The molecular weight excluding hydrogens is 308 g/mol. The van der Waals surface area contributed by atoms with Gasteiger partial charge in [-0.1, -0.05) is 33.8 Å². The molecule has 0 spiro atoms. The molecule has 2 aliphatic rings. The fourth-order valence-corrected chi connectivity index (χ4v) is 4.18. The van der Waals surface area contributed by atoms with Gasteiger partial charge < -0.3 is 14.9 Å². The summed E-state index contributed by atoms with van der Waals surface area (Å²) in [4.78, 5) is 16.0. The summed E-state index contributed by atoms with van der Waals surface area (Å²) in [6.45, 7) is 13.3. The van der Waals surface area contributed by atoms with E-state index in [1.165, 1.54) is 0 Å². The summed E-state index contributed by atoms with van der Waals surface area (Å²) in [7, 11) is -1.87. The highest BCUT2D eigenvalue weighted by Gasteiger charge is 2.46. The number of rotatable bonds is 4. The van der Waals surface area contributed by atoms with E-state index in [2.05, 4.69) is 45.8 Å². The lowest BCUT2D eigenvalue weighted by Crippen LogP contribution is -2.45. The molecule has 1 fully saturated rings. The molecule has 4 atom stereocenters. The van der Waals surface area contributed by atoms with Gasteiger partial charge in [-0.05, 0) is 30.6 Å². The van der Waals surface area contributed by atoms with Gasteiger partial charge in [0, 0.05) is 6.42 Å². The van der Waals surface area contributed by atoms with Crippen molar-refractivity contribution in [1.29, 1.82) is 0 Å². The zero-order chi connectivity index (χ0) is 17.4. The number of amides is 1. The second-order valence-corrected chi connectivity index (χ2v) is 12.8. The molecule has 130 valence electrons. The number of carbonyl (C=O) groups excluding carboxylic acids is 1. The van der Waals surface area contributed by atoms with E-state index in [-0.39, 0.29) is 41.0 Å². The third kappa shape index (κ3) is 3.92. The maximum atomic E-state index is 12.1. The van der Waals surface area contributed by atoms with Crippen LogP contribution in [-0.2, 0) is 14.0 Å². The molecule has 0 aromatic rings. The van der Waals surface area contributed by atoms with Crippen LogP contribution in [0.3, 0.4) is 0 Å². The smallest absolute Gasteiger partial charge is 0.257 e. The Bertz CT molecular complexity index is 522. The first-order valence-electron chi connectivity index (χ1n) is 8.44. The van der Waals surface area contributed by atoms with Crippen molar-refractivity contribution in [3.63, 3.8) is 0 Å². The van der Waals surface area contributed by atoms with Gasteiger partial charge >= 0.3 is 0 Å². The van der Waals surface area contributed by atoms with Crippen molar-refractivity contribution in [2.75, 3.05) is 0 Å². The largest absolute Gasteiger partial charge is 0.411 e. The van der Waals surface area contributed by atoms with E-state index in [1.807, 2.05) is 6.08 Å². The molecule has 1 saturated heterocycles. The zero-order valence-corrected chi connectivity index (χ0v) is 16.1. The first-order valence-corrected chi connectivity index (χ1v) is 11.4. The standard InChI is InChI=1S/C17H30N2O3Si/c1-7-12-14(22-23(5,6)17(2,3)4)10-13(21-12)11-8-9-15(18)19-16(11)20/h8-9,11-14H,7,10H2,1-6H3,(H2,18,19,20)/t11?,12-,13-,14-/m1/s1. The van der Waals surface area contributed by atoms with E-state index < -0.39 is 8.32 Å². The van der Waals surface area contributed by atoms with Crippen molar-refractivity contribution in [2.24, 2.45) is 16.6 Å². The molecule has 0 aliphatic carbocycles. The van der Waals surface area contributed by atoms with E-state index in [1.54, 1.807) is 6.08 Å². The topological polar surface area (TPSA) is 73.9 Å². The normalized spacial score (nSPS) is 32.3. The number of hydrogen-bond donors (Lipinski definition) is 1. The van der Waals surface area contributed by atoms with Crippen LogP contribution in [0.2, 0.25) is 18.1 Å². The van der Waals surface area contributed by atoms with E-state index in [4.69, 9.17) is 14.9 Å². The SMILES string of the molecule is CC[C@H]1O[C@@H](C2C=CC(N)=NC2=O)C[C@H]1O[Si](C)(C)C(C)(C)C. The number of hydrogen-bond acceptors (Lipinski definition) is 4. The number of dihydropyridines is 1. The molecule has 2 aliphatic heterocycles. The van der Waals surface area contributed by atoms with Crippen LogP contribution in [0.25, 0.3) is 0 Å². The van der Waals surface area contributed by atoms with Crippen molar-refractivity contribution >= 4 is 20.1 Å². The van der Waals surface area contributed by atoms with Gasteiger partial charge in [0.25, 0.3) is 5.91 Å². The minimum Gasteiger partial charge on any atom is -0.411 e. The van der Waals surface area contributed by atoms with Crippen LogP contribution in [0, 0.1) is 5.92 Å². The quantitative estimate of drug-likeness (QED) is 0.800. The summed E-state index contributed by atoms with van der Waals surface area (Å²) in [5, 5.41) is 0.155. The second-order valence-electron chi connectivity index (χ2n) is 8.03. The number of nitrogens with zero attached hydrogens (tertiary/aromatic N) is 1. The monoisotopic (exact) mass is 338 g/mol. The van der Waals surface area contributed by atoms with Crippen LogP contribution in [0.1, 0.15) is 40.5 Å². The summed E-state index contributed by atoms with van der Waals surface area (Å²) in [5.41, 5.74) is 5.58. The van der Waals surface area contributed by atoms with Gasteiger partial charge in [0.05, 0.1) is 24.2 Å². The predicted molar refractivity (Wildman–Crippen MR) is 94.9 cm³/mol. The summed E-state index contributed by atoms with van der Waals surface area (Å²) >= 11 is 0. The van der Waals surface area contributed by atoms with Crippen molar-refractivity contribution < 1.29 is 14.0 Å². The molecule has 0 saturated carbocycles. The van der Waals surface area contributed by atoms with Gasteiger partial charge in [-0.25, -0.2) is 0 Å². The number of carbonyl (C=O) groups is 1. The first kappa shape index (κ1) is 18.4. The van der Waals surface area contributed by atoms with Crippen LogP contribution < -0.4 is 5.73 Å². The molecule has 2 rings (SSSR count). The van der Waals surface area contributed by atoms with Gasteiger partial charge in [0.2, 0.25) is 0 Å². The van der Waals surface area contributed by atoms with Crippen LogP contribution in [-0.4, -0.2) is 38.4 Å². The van der Waals surface area contributed by atoms with Crippen molar-refractivity contribution in [1.82, 2.24) is 0 Å². The molecule has 23 heavy (non-hydrogen) atoms. The van der Waals surface area contributed by atoms with Gasteiger partial charge in [-0.2, -0.15) is 4.99 Å². The van der Waals surface area contributed by atoms with Crippen molar-refractivity contribution in [3.8, 4) is 0 Å². The van der Waals surface area contributed by atoms with Gasteiger partial charge in [-0.15, -0.1) is 0 Å². The second kappa shape index (κ2) is 6.49. The Labute approximate surface area is 140 Å². The minimum absolute atomic E-state index is 0.0404. The summed E-state index contributed by atoms with van der Waals surface area (Å²) in [5.74, 6) is -0.285. The Morgan fingerprint density at radius 2 is 2.09 bits per heavy atom. The van der Waals surface area contributed by atoms with Crippen LogP contribution in [0.15, 0.2) is 17.1 Å². The Balaban J connectivity index is 2.09. The van der Waals surface area contributed by atoms with Gasteiger partial charge in [0.15, 0.2) is 8.32 Å². The number of nitrogens with two attached hydrogens (primary N) is 1. The summed E-state index contributed by atoms with van der Waals surface area (Å²) < 4.78 is 12.7. The molecule has 0 aromatic carbocycles. The number of amidine groups is 1. The van der Waals surface area contributed by atoms with E-state index in [0.29, 0.717) is 0 Å². The molecule has 1 unspecified atom stereocenters. The van der Waals surface area contributed by atoms with Crippen molar-refractivity contribution in [3.05, 3.63) is 12.2 Å². The van der Waals surface area contributed by atoms with Gasteiger partial charge in [-0.3, -0.25) is 4.79 Å². The molecule has 0 aromatic heterocycles. The van der Waals surface area contributed by atoms with E-state index in [0.717, 1.165) is 12.8 Å². The lowest BCUT2D eigenvalue weighted by Gasteiger charge is -2.39. The highest BCUT2D eigenvalue weighted by Crippen LogP contribution is 2.41. The number of ether oxygens (including phenoxy) is 1. The Hall–Kier alpha value is -0.983. The Morgan fingerprint density at radius 1 is 1.43 bits per heavy atom. The third-order valence-electron chi connectivity index (χ3n) is 5.28. The Kier molecular flexibility index (Phi) is 5.18. The molecule has 0 radical (unpaired) electrons. The lowest BCUT2D eigenvalue weighted by atomic mass is 9.96. The molecule has 2 heterocycles. The lowest BCUT2D eigenvalue weighted by molar-refractivity contribution is -0.124. The summed E-state index contributed by atoms with van der Waals surface area (Å²) in [6.07, 6.45) is 5.05. The Morgan fingerprint density at radius 3 is 2.61 bits per heavy atom. The highest BCUT2D eigenvalue weighted by atomic mass is 28.4. The van der Waals surface area contributed by atoms with E-state index in [9.17, 15) is 4.79 Å². The minimum atomic E-state index is -1.87. The van der Waals surface area contributed by atoms with Gasteiger partial charge in [0.1, 0.15) is 5.84 Å². The third-order valence-corrected chi connectivity index (χ3v) is 9.79. The first-order chi connectivity index (χ1) is 10.5. The fourth-order valence-electron chi connectivity index (χ4n) is 2.82. The zero-order valence-electron chi connectivity index (χ0n) is 15.1. The summed E-state index contributed by atoms with van der Waals surface area (Å²) in [6, 6.07) is 0. The molecule has 2 N–H and O–H groups in total. The predicted octanol–water partition coefficient (Wildman–Crippen LogP) is 3.01. The molecule has 6 heteroatoms. The molecule has 0 bridgehead atoms.